The average Bonchev–Trinajstić information content (AvgIpc) is 2.46. The molecule has 0 saturated carbocycles. The van der Waals surface area contributed by atoms with Crippen LogP contribution in [-0.4, -0.2) is 43.4 Å². The Hall–Kier alpha value is -1.95. The minimum Gasteiger partial charge on any atom is -0.348 e. The molecule has 0 atom stereocenters. The number of halogens is 1. The van der Waals surface area contributed by atoms with Gasteiger partial charge >= 0.3 is 11.8 Å². The van der Waals surface area contributed by atoms with E-state index in [1.807, 2.05) is 0 Å². The summed E-state index contributed by atoms with van der Waals surface area (Å²) in [6, 6.07) is 5.45. The zero-order chi connectivity index (χ0) is 15.2. The molecule has 114 valence electrons. The zero-order valence-corrected chi connectivity index (χ0v) is 12.1. The molecular formula is C15H20FN3O2. The summed E-state index contributed by atoms with van der Waals surface area (Å²) in [6.07, 6.45) is 2.03. The van der Waals surface area contributed by atoms with E-state index in [0.717, 1.165) is 25.9 Å². The molecule has 1 saturated heterocycles. The van der Waals surface area contributed by atoms with Gasteiger partial charge in [-0.2, -0.15) is 0 Å². The van der Waals surface area contributed by atoms with Crippen molar-refractivity contribution < 1.29 is 14.0 Å². The number of amides is 2. The van der Waals surface area contributed by atoms with Crippen molar-refractivity contribution in [2.75, 3.05) is 32.0 Å². The number of rotatable bonds is 3. The van der Waals surface area contributed by atoms with E-state index in [4.69, 9.17) is 0 Å². The third kappa shape index (κ3) is 4.82. The second kappa shape index (κ2) is 7.17. The first-order valence-corrected chi connectivity index (χ1v) is 7.08. The SMILES string of the molecule is CN1CCC(CNC(=O)C(=O)Nc2cccc(F)c2)CC1. The Kier molecular flexibility index (Phi) is 5.27. The lowest BCUT2D eigenvalue weighted by molar-refractivity contribution is -0.136. The second-order valence-corrected chi connectivity index (χ2v) is 5.42. The fourth-order valence-electron chi connectivity index (χ4n) is 2.34. The lowest BCUT2D eigenvalue weighted by atomic mass is 9.97. The molecule has 0 bridgehead atoms. The summed E-state index contributed by atoms with van der Waals surface area (Å²) in [5.41, 5.74) is 0.273. The summed E-state index contributed by atoms with van der Waals surface area (Å²) in [6.45, 7) is 2.52. The maximum absolute atomic E-state index is 13.0. The van der Waals surface area contributed by atoms with Crippen LogP contribution in [0.2, 0.25) is 0 Å². The standard InChI is InChI=1S/C15H20FN3O2/c1-19-7-5-11(6-8-19)10-17-14(20)15(21)18-13-4-2-3-12(16)9-13/h2-4,9,11H,5-8,10H2,1H3,(H,17,20)(H,18,21). The Labute approximate surface area is 123 Å². The highest BCUT2D eigenvalue weighted by Crippen LogP contribution is 2.14. The van der Waals surface area contributed by atoms with Gasteiger partial charge in [0, 0.05) is 12.2 Å². The lowest BCUT2D eigenvalue weighted by Gasteiger charge is -2.28. The quantitative estimate of drug-likeness (QED) is 0.824. The summed E-state index contributed by atoms with van der Waals surface area (Å²) < 4.78 is 13.0. The van der Waals surface area contributed by atoms with Crippen molar-refractivity contribution in [3.05, 3.63) is 30.1 Å². The smallest absolute Gasteiger partial charge is 0.313 e. The van der Waals surface area contributed by atoms with E-state index in [9.17, 15) is 14.0 Å². The van der Waals surface area contributed by atoms with E-state index >= 15 is 0 Å². The van der Waals surface area contributed by atoms with Crippen molar-refractivity contribution in [3.63, 3.8) is 0 Å². The monoisotopic (exact) mass is 293 g/mol. The van der Waals surface area contributed by atoms with E-state index in [1.54, 1.807) is 0 Å². The van der Waals surface area contributed by atoms with Crippen LogP contribution in [0.25, 0.3) is 0 Å². The predicted octanol–water partition coefficient (Wildman–Crippen LogP) is 1.22. The van der Waals surface area contributed by atoms with E-state index < -0.39 is 17.6 Å². The molecule has 0 unspecified atom stereocenters. The van der Waals surface area contributed by atoms with Crippen molar-refractivity contribution in [2.24, 2.45) is 5.92 Å². The van der Waals surface area contributed by atoms with Gasteiger partial charge in [-0.1, -0.05) is 6.07 Å². The molecule has 1 heterocycles. The number of hydrogen-bond acceptors (Lipinski definition) is 3. The number of benzene rings is 1. The van der Waals surface area contributed by atoms with Gasteiger partial charge in [0.1, 0.15) is 5.82 Å². The molecule has 2 N–H and O–H groups in total. The Morgan fingerprint density at radius 1 is 1.29 bits per heavy atom. The van der Waals surface area contributed by atoms with Crippen LogP contribution in [0.4, 0.5) is 10.1 Å². The molecule has 6 heteroatoms. The molecule has 2 rings (SSSR count). The molecular weight excluding hydrogens is 273 g/mol. The number of carbonyl (C=O) groups excluding carboxylic acids is 2. The van der Waals surface area contributed by atoms with Gasteiger partial charge in [0.05, 0.1) is 0 Å². The molecule has 1 fully saturated rings. The Balaban J connectivity index is 1.76. The van der Waals surface area contributed by atoms with Gasteiger partial charge in [-0.25, -0.2) is 4.39 Å². The normalized spacial score (nSPS) is 16.5. The van der Waals surface area contributed by atoms with E-state index in [-0.39, 0.29) is 5.69 Å². The topological polar surface area (TPSA) is 61.4 Å². The van der Waals surface area contributed by atoms with Crippen LogP contribution in [0.1, 0.15) is 12.8 Å². The molecule has 0 aromatic heterocycles. The molecule has 1 aromatic carbocycles. The first-order valence-electron chi connectivity index (χ1n) is 7.08. The first-order chi connectivity index (χ1) is 10.0. The summed E-state index contributed by atoms with van der Waals surface area (Å²) in [5, 5.41) is 5.02. The van der Waals surface area contributed by atoms with Crippen molar-refractivity contribution in [1.29, 1.82) is 0 Å². The Morgan fingerprint density at radius 2 is 2.00 bits per heavy atom. The first kappa shape index (κ1) is 15.4. The largest absolute Gasteiger partial charge is 0.348 e. The van der Waals surface area contributed by atoms with Crippen LogP contribution in [-0.2, 0) is 9.59 Å². The molecule has 2 amide bonds. The van der Waals surface area contributed by atoms with Gasteiger partial charge in [0.2, 0.25) is 0 Å². The summed E-state index contributed by atoms with van der Waals surface area (Å²) in [7, 11) is 2.07. The highest BCUT2D eigenvalue weighted by Gasteiger charge is 2.19. The number of nitrogens with one attached hydrogen (secondary N) is 2. The Bertz CT molecular complexity index is 513. The van der Waals surface area contributed by atoms with Gasteiger partial charge in [0.25, 0.3) is 0 Å². The maximum atomic E-state index is 13.0. The van der Waals surface area contributed by atoms with Crippen molar-refractivity contribution in [1.82, 2.24) is 10.2 Å². The number of hydrogen-bond donors (Lipinski definition) is 2. The lowest BCUT2D eigenvalue weighted by Crippen LogP contribution is -2.41. The number of nitrogens with zero attached hydrogens (tertiary/aromatic N) is 1. The predicted molar refractivity (Wildman–Crippen MR) is 78.3 cm³/mol. The molecule has 1 aliphatic heterocycles. The van der Waals surface area contributed by atoms with E-state index in [1.165, 1.54) is 24.3 Å². The van der Waals surface area contributed by atoms with Crippen LogP contribution in [0.5, 0.6) is 0 Å². The second-order valence-electron chi connectivity index (χ2n) is 5.42. The van der Waals surface area contributed by atoms with Gasteiger partial charge in [-0.15, -0.1) is 0 Å². The molecule has 1 aliphatic rings. The van der Waals surface area contributed by atoms with Gasteiger partial charge in [-0.05, 0) is 57.1 Å². The maximum Gasteiger partial charge on any atom is 0.313 e. The summed E-state index contributed by atoms with van der Waals surface area (Å²) in [5.74, 6) is -1.50. The third-order valence-electron chi connectivity index (χ3n) is 3.68. The van der Waals surface area contributed by atoms with Gasteiger partial charge < -0.3 is 15.5 Å². The van der Waals surface area contributed by atoms with E-state index in [2.05, 4.69) is 22.6 Å². The highest BCUT2D eigenvalue weighted by atomic mass is 19.1. The van der Waals surface area contributed by atoms with E-state index in [0.29, 0.717) is 12.5 Å². The summed E-state index contributed by atoms with van der Waals surface area (Å²) >= 11 is 0. The molecule has 0 spiro atoms. The number of anilines is 1. The Morgan fingerprint density at radius 3 is 2.67 bits per heavy atom. The number of likely N-dealkylation sites (tertiary alicyclic amines) is 1. The minimum atomic E-state index is -0.770. The minimum absolute atomic E-state index is 0.273. The summed E-state index contributed by atoms with van der Waals surface area (Å²) in [4.78, 5) is 25.7. The van der Waals surface area contributed by atoms with Crippen LogP contribution < -0.4 is 10.6 Å². The van der Waals surface area contributed by atoms with Crippen LogP contribution >= 0.6 is 0 Å². The van der Waals surface area contributed by atoms with Gasteiger partial charge in [0.15, 0.2) is 0 Å². The van der Waals surface area contributed by atoms with Crippen LogP contribution in [0, 0.1) is 11.7 Å². The molecule has 0 aliphatic carbocycles. The fourth-order valence-corrected chi connectivity index (χ4v) is 2.34. The van der Waals surface area contributed by atoms with Crippen LogP contribution in [0.3, 0.4) is 0 Å². The van der Waals surface area contributed by atoms with Crippen LogP contribution in [0.15, 0.2) is 24.3 Å². The zero-order valence-electron chi connectivity index (χ0n) is 12.1. The van der Waals surface area contributed by atoms with Crippen molar-refractivity contribution in [3.8, 4) is 0 Å². The molecule has 1 aromatic rings. The van der Waals surface area contributed by atoms with Crippen molar-refractivity contribution in [2.45, 2.75) is 12.8 Å². The molecule has 0 radical (unpaired) electrons. The van der Waals surface area contributed by atoms with Gasteiger partial charge in [-0.3, -0.25) is 9.59 Å². The molecule has 5 nitrogen and oxygen atoms in total. The average molecular weight is 293 g/mol. The van der Waals surface area contributed by atoms with Crippen molar-refractivity contribution >= 4 is 17.5 Å². The molecule has 21 heavy (non-hydrogen) atoms. The highest BCUT2D eigenvalue weighted by molar-refractivity contribution is 6.39. The fraction of sp³-hybridized carbons (Fsp3) is 0.467. The number of piperidine rings is 1. The number of carbonyl (C=O) groups is 2. The third-order valence-corrected chi connectivity index (χ3v) is 3.68.